The first-order valence-corrected chi connectivity index (χ1v) is 11.2. The van der Waals surface area contributed by atoms with E-state index in [0.29, 0.717) is 13.1 Å². The maximum atomic E-state index is 11.9. The Morgan fingerprint density at radius 2 is 2.20 bits per heavy atom. The van der Waals surface area contributed by atoms with Crippen LogP contribution in [0.5, 0.6) is 0 Å². The van der Waals surface area contributed by atoms with Crippen molar-refractivity contribution in [2.24, 2.45) is 0 Å². The number of rotatable bonds is 6. The van der Waals surface area contributed by atoms with Gasteiger partial charge >= 0.3 is 0 Å². The van der Waals surface area contributed by atoms with E-state index in [-0.39, 0.29) is 5.92 Å². The number of hydrogen-bond donors (Lipinski definition) is 0. The van der Waals surface area contributed by atoms with Gasteiger partial charge in [-0.1, -0.05) is 17.8 Å². The van der Waals surface area contributed by atoms with Gasteiger partial charge in [-0.2, -0.15) is 0 Å². The molecule has 0 amide bonds. The van der Waals surface area contributed by atoms with E-state index in [1.807, 2.05) is 18.3 Å². The number of pyridine rings is 1. The van der Waals surface area contributed by atoms with Crippen LogP contribution in [-0.4, -0.2) is 51.8 Å². The van der Waals surface area contributed by atoms with Crippen molar-refractivity contribution in [3.05, 3.63) is 35.9 Å². The molecule has 1 atom stereocenters. The fourth-order valence-corrected chi connectivity index (χ4v) is 4.95. The van der Waals surface area contributed by atoms with Gasteiger partial charge in [0.1, 0.15) is 5.82 Å². The van der Waals surface area contributed by atoms with Crippen molar-refractivity contribution < 1.29 is 8.42 Å². The summed E-state index contributed by atoms with van der Waals surface area (Å²) in [5, 5.41) is 9.62. The minimum Gasteiger partial charge on any atom is -0.306 e. The van der Waals surface area contributed by atoms with Gasteiger partial charge in [-0.25, -0.2) is 12.7 Å². The largest absolute Gasteiger partial charge is 0.306 e. The maximum Gasteiger partial charge on any atom is 0.211 e. The topological polar surface area (TPSA) is 81.0 Å². The molecule has 25 heavy (non-hydrogen) atoms. The molecule has 2 aromatic rings. The highest BCUT2D eigenvalue weighted by atomic mass is 32.2. The van der Waals surface area contributed by atoms with Gasteiger partial charge in [-0.3, -0.25) is 4.98 Å². The molecule has 0 radical (unpaired) electrons. The van der Waals surface area contributed by atoms with E-state index in [1.165, 1.54) is 6.26 Å². The van der Waals surface area contributed by atoms with Crippen LogP contribution >= 0.6 is 11.8 Å². The second-order valence-electron chi connectivity index (χ2n) is 6.20. The minimum atomic E-state index is -3.16. The van der Waals surface area contributed by atoms with Crippen molar-refractivity contribution in [1.29, 1.82) is 0 Å². The highest BCUT2D eigenvalue weighted by Crippen LogP contribution is 2.30. The fourth-order valence-electron chi connectivity index (χ4n) is 3.09. The SMILES string of the molecule is CCn1c(SCc2cccnc2)nnc1[C@H]1CCCN(S(C)(=O)=O)C1. The van der Waals surface area contributed by atoms with Crippen LogP contribution < -0.4 is 0 Å². The van der Waals surface area contributed by atoms with Gasteiger partial charge in [0.15, 0.2) is 5.16 Å². The Kier molecular flexibility index (Phi) is 5.75. The number of nitrogens with zero attached hydrogens (tertiary/aromatic N) is 5. The van der Waals surface area contributed by atoms with Gasteiger partial charge in [0.2, 0.25) is 10.0 Å². The van der Waals surface area contributed by atoms with E-state index in [9.17, 15) is 8.42 Å². The van der Waals surface area contributed by atoms with Crippen LogP contribution in [0.3, 0.4) is 0 Å². The van der Waals surface area contributed by atoms with Gasteiger partial charge in [0.05, 0.1) is 6.26 Å². The molecule has 136 valence electrons. The summed E-state index contributed by atoms with van der Waals surface area (Å²) in [6.07, 6.45) is 6.68. The predicted octanol–water partition coefficient (Wildman–Crippen LogP) is 2.12. The molecule has 0 aromatic carbocycles. The zero-order valence-corrected chi connectivity index (χ0v) is 16.1. The highest BCUT2D eigenvalue weighted by molar-refractivity contribution is 7.98. The first-order chi connectivity index (χ1) is 12.0. The summed E-state index contributed by atoms with van der Waals surface area (Å²) in [7, 11) is -3.16. The second kappa shape index (κ2) is 7.84. The van der Waals surface area contributed by atoms with Crippen LogP contribution in [0.25, 0.3) is 0 Å². The highest BCUT2D eigenvalue weighted by Gasteiger charge is 2.30. The molecule has 3 rings (SSSR count). The van der Waals surface area contributed by atoms with Crippen molar-refractivity contribution in [2.45, 2.75) is 43.1 Å². The average Bonchev–Trinajstić information content (AvgIpc) is 3.03. The molecule has 1 aliphatic heterocycles. The molecule has 0 spiro atoms. The molecule has 3 heterocycles. The van der Waals surface area contributed by atoms with E-state index in [4.69, 9.17) is 0 Å². The Bertz CT molecular complexity index is 807. The van der Waals surface area contributed by atoms with Gasteiger partial charge in [-0.05, 0) is 31.4 Å². The molecule has 0 bridgehead atoms. The van der Waals surface area contributed by atoms with Crippen LogP contribution in [0, 0.1) is 0 Å². The van der Waals surface area contributed by atoms with Crippen LogP contribution in [0.2, 0.25) is 0 Å². The summed E-state index contributed by atoms with van der Waals surface area (Å²) in [5.74, 6) is 1.78. The van der Waals surface area contributed by atoms with Gasteiger partial charge in [0, 0.05) is 43.7 Å². The Morgan fingerprint density at radius 1 is 1.36 bits per heavy atom. The molecule has 1 fully saturated rings. The third-order valence-corrected chi connectivity index (χ3v) is 6.68. The van der Waals surface area contributed by atoms with Crippen molar-refractivity contribution in [3.63, 3.8) is 0 Å². The monoisotopic (exact) mass is 381 g/mol. The molecule has 1 saturated heterocycles. The number of sulfonamides is 1. The van der Waals surface area contributed by atoms with E-state index in [2.05, 4.69) is 26.7 Å². The van der Waals surface area contributed by atoms with E-state index in [0.717, 1.165) is 41.7 Å². The molecule has 2 aromatic heterocycles. The smallest absolute Gasteiger partial charge is 0.211 e. The molecule has 0 aliphatic carbocycles. The summed E-state index contributed by atoms with van der Waals surface area (Å²) >= 11 is 1.63. The molecular formula is C16H23N5O2S2. The zero-order valence-electron chi connectivity index (χ0n) is 14.5. The molecule has 7 nitrogen and oxygen atoms in total. The van der Waals surface area contributed by atoms with Crippen molar-refractivity contribution >= 4 is 21.8 Å². The minimum absolute atomic E-state index is 0.101. The second-order valence-corrected chi connectivity index (χ2v) is 9.12. The Labute approximate surface area is 152 Å². The Morgan fingerprint density at radius 3 is 2.88 bits per heavy atom. The van der Waals surface area contributed by atoms with Crippen molar-refractivity contribution in [1.82, 2.24) is 24.1 Å². The van der Waals surface area contributed by atoms with Crippen molar-refractivity contribution in [3.8, 4) is 0 Å². The first kappa shape index (κ1) is 18.3. The third kappa shape index (κ3) is 4.39. The lowest BCUT2D eigenvalue weighted by Gasteiger charge is -2.30. The standard InChI is InChI=1S/C16H23N5O2S2/c1-3-21-15(14-7-5-9-20(11-14)25(2,22)23)18-19-16(21)24-12-13-6-4-8-17-10-13/h4,6,8,10,14H,3,5,7,9,11-12H2,1-2H3/t14-/m0/s1. The lowest BCUT2D eigenvalue weighted by molar-refractivity contribution is 0.305. The normalized spacial score (nSPS) is 19.2. The van der Waals surface area contributed by atoms with Crippen LogP contribution in [0.4, 0.5) is 0 Å². The predicted molar refractivity (Wildman–Crippen MR) is 97.9 cm³/mol. The summed E-state index contributed by atoms with van der Waals surface area (Å²) in [5.41, 5.74) is 1.14. The Balaban J connectivity index is 1.75. The van der Waals surface area contributed by atoms with E-state index >= 15 is 0 Å². The maximum absolute atomic E-state index is 11.9. The quantitative estimate of drug-likeness (QED) is 0.713. The van der Waals surface area contributed by atoms with Crippen LogP contribution in [-0.2, 0) is 22.3 Å². The van der Waals surface area contributed by atoms with Gasteiger partial charge in [0.25, 0.3) is 0 Å². The third-order valence-electron chi connectivity index (χ3n) is 4.37. The lowest BCUT2D eigenvalue weighted by Crippen LogP contribution is -2.39. The molecule has 0 saturated carbocycles. The number of thioether (sulfide) groups is 1. The van der Waals surface area contributed by atoms with Crippen LogP contribution in [0.1, 0.15) is 37.1 Å². The summed E-state index contributed by atoms with van der Waals surface area (Å²) in [6, 6.07) is 3.96. The van der Waals surface area contributed by atoms with Crippen LogP contribution in [0.15, 0.2) is 29.7 Å². The Hall–Kier alpha value is -1.45. The molecule has 9 heteroatoms. The fraction of sp³-hybridized carbons (Fsp3) is 0.562. The average molecular weight is 382 g/mol. The van der Waals surface area contributed by atoms with Crippen molar-refractivity contribution in [2.75, 3.05) is 19.3 Å². The molecule has 0 N–H and O–H groups in total. The summed E-state index contributed by atoms with van der Waals surface area (Å²) in [6.45, 7) is 3.92. The lowest BCUT2D eigenvalue weighted by atomic mass is 9.99. The summed E-state index contributed by atoms with van der Waals surface area (Å²) in [4.78, 5) is 4.13. The number of piperidine rings is 1. The molecule has 0 unspecified atom stereocenters. The van der Waals surface area contributed by atoms with E-state index < -0.39 is 10.0 Å². The first-order valence-electron chi connectivity index (χ1n) is 8.39. The number of hydrogen-bond acceptors (Lipinski definition) is 6. The van der Waals surface area contributed by atoms with E-state index in [1.54, 1.807) is 22.3 Å². The summed E-state index contributed by atoms with van der Waals surface area (Å²) < 4.78 is 27.4. The van der Waals surface area contributed by atoms with Gasteiger partial charge in [-0.15, -0.1) is 10.2 Å². The van der Waals surface area contributed by atoms with Gasteiger partial charge < -0.3 is 4.57 Å². The molecule has 1 aliphatic rings. The zero-order chi connectivity index (χ0) is 17.9. The molecular weight excluding hydrogens is 358 g/mol. The number of aromatic nitrogens is 4.